The van der Waals surface area contributed by atoms with Crippen molar-refractivity contribution in [3.8, 4) is 0 Å². The van der Waals surface area contributed by atoms with Crippen molar-refractivity contribution in [2.45, 2.75) is 6.42 Å². The highest BCUT2D eigenvalue weighted by Crippen LogP contribution is 1.95. The highest BCUT2D eigenvalue weighted by Gasteiger charge is 1.79. The predicted octanol–water partition coefficient (Wildman–Crippen LogP) is 1.90. The van der Waals surface area contributed by atoms with Crippen LogP contribution in [0.15, 0.2) is 48.2 Å². The second-order valence-electron chi connectivity index (χ2n) is 2.12. The van der Waals surface area contributed by atoms with E-state index in [1.165, 1.54) is 0 Å². The lowest BCUT2D eigenvalue weighted by Crippen LogP contribution is -1.90. The van der Waals surface area contributed by atoms with Gasteiger partial charge < -0.3 is 5.73 Å². The van der Waals surface area contributed by atoms with E-state index in [4.69, 9.17) is 5.73 Å². The Morgan fingerprint density at radius 3 is 2.90 bits per heavy atom. The van der Waals surface area contributed by atoms with E-state index in [0.29, 0.717) is 0 Å². The molecule has 2 N–H and O–H groups in total. The van der Waals surface area contributed by atoms with Crippen molar-refractivity contribution in [2.75, 3.05) is 0 Å². The Morgan fingerprint density at radius 2 is 2.00 bits per heavy atom. The molecule has 0 aromatic heterocycles. The largest absolute Gasteiger partial charge is 0.399 e. The van der Waals surface area contributed by atoms with Crippen molar-refractivity contribution in [1.29, 1.82) is 0 Å². The standard InChI is InChI=1S/C9H11N/c10-9-7-5-3-1-2-4-6-8-9/h1-3,5-8H,4,10H2/b2-1-,5-3-,8-6-,9-7+. The molecule has 0 bridgehead atoms. The third-order valence-electron chi connectivity index (χ3n) is 1.23. The highest BCUT2D eigenvalue weighted by atomic mass is 14.5. The molecular formula is C9H11N. The summed E-state index contributed by atoms with van der Waals surface area (Å²) in [5.74, 6) is 0. The molecule has 0 saturated heterocycles. The lowest BCUT2D eigenvalue weighted by molar-refractivity contribution is 1.35. The van der Waals surface area contributed by atoms with Crippen LogP contribution in [0.1, 0.15) is 6.42 Å². The monoisotopic (exact) mass is 133 g/mol. The van der Waals surface area contributed by atoms with Gasteiger partial charge in [-0.1, -0.05) is 30.4 Å². The van der Waals surface area contributed by atoms with Gasteiger partial charge in [-0.25, -0.2) is 0 Å². The average molecular weight is 133 g/mol. The zero-order valence-electron chi connectivity index (χ0n) is 5.83. The topological polar surface area (TPSA) is 26.0 Å². The zero-order valence-corrected chi connectivity index (χ0v) is 5.83. The quantitative estimate of drug-likeness (QED) is 0.536. The van der Waals surface area contributed by atoms with Crippen molar-refractivity contribution in [3.63, 3.8) is 0 Å². The summed E-state index contributed by atoms with van der Waals surface area (Å²) in [6.45, 7) is 0. The molecule has 0 radical (unpaired) electrons. The molecule has 0 amide bonds. The normalized spacial score (nSPS) is 32.2. The van der Waals surface area contributed by atoms with Gasteiger partial charge >= 0.3 is 0 Å². The third kappa shape index (κ3) is 2.35. The van der Waals surface area contributed by atoms with Crippen LogP contribution in [0.2, 0.25) is 0 Å². The number of nitrogens with two attached hydrogens (primary N) is 1. The molecule has 0 fully saturated rings. The molecule has 1 heteroatoms. The van der Waals surface area contributed by atoms with Gasteiger partial charge in [-0.15, -0.1) is 0 Å². The lowest BCUT2D eigenvalue weighted by atomic mass is 10.3. The first-order chi connectivity index (χ1) is 4.89. The van der Waals surface area contributed by atoms with Gasteiger partial charge in [0.1, 0.15) is 0 Å². The fourth-order valence-corrected chi connectivity index (χ4v) is 0.726. The van der Waals surface area contributed by atoms with E-state index in [2.05, 4.69) is 6.08 Å². The van der Waals surface area contributed by atoms with E-state index in [1.807, 2.05) is 36.5 Å². The number of allylic oxidation sites excluding steroid dienone is 7. The van der Waals surface area contributed by atoms with E-state index >= 15 is 0 Å². The van der Waals surface area contributed by atoms with E-state index < -0.39 is 0 Å². The second kappa shape index (κ2) is 3.72. The Labute approximate surface area is 61.2 Å². The minimum atomic E-state index is 0.806. The first-order valence-electron chi connectivity index (χ1n) is 3.35. The molecule has 0 unspecified atom stereocenters. The van der Waals surface area contributed by atoms with Crippen LogP contribution < -0.4 is 5.73 Å². The maximum absolute atomic E-state index is 5.57. The Morgan fingerprint density at radius 1 is 1.10 bits per heavy atom. The molecule has 1 aliphatic carbocycles. The van der Waals surface area contributed by atoms with Crippen molar-refractivity contribution < 1.29 is 0 Å². The molecule has 0 aromatic rings. The number of hydrogen-bond acceptors (Lipinski definition) is 1. The van der Waals surface area contributed by atoms with Crippen molar-refractivity contribution in [2.24, 2.45) is 5.73 Å². The summed E-state index contributed by atoms with van der Waals surface area (Å²) in [6, 6.07) is 0. The Kier molecular flexibility index (Phi) is 2.56. The summed E-state index contributed by atoms with van der Waals surface area (Å²) in [5, 5.41) is 0. The van der Waals surface area contributed by atoms with Crippen LogP contribution in [0.5, 0.6) is 0 Å². The Balaban J connectivity index is 2.72. The van der Waals surface area contributed by atoms with Gasteiger partial charge in [0.05, 0.1) is 0 Å². The zero-order chi connectivity index (χ0) is 7.23. The van der Waals surface area contributed by atoms with E-state index in [9.17, 15) is 0 Å². The van der Waals surface area contributed by atoms with E-state index in [1.54, 1.807) is 0 Å². The van der Waals surface area contributed by atoms with Gasteiger partial charge in [0, 0.05) is 5.70 Å². The molecule has 1 aliphatic rings. The molecule has 0 atom stereocenters. The molecule has 1 nitrogen and oxygen atoms in total. The first-order valence-corrected chi connectivity index (χ1v) is 3.35. The summed E-state index contributed by atoms with van der Waals surface area (Å²) in [5.41, 5.74) is 6.37. The summed E-state index contributed by atoms with van der Waals surface area (Å²) in [4.78, 5) is 0. The average Bonchev–Trinajstić information content (AvgIpc) is 2.02. The third-order valence-corrected chi connectivity index (χ3v) is 1.23. The van der Waals surface area contributed by atoms with Crippen LogP contribution >= 0.6 is 0 Å². The SMILES string of the molecule is NC1=C/C=C\C=C/C/C=C\1. The van der Waals surface area contributed by atoms with Gasteiger partial charge in [-0.3, -0.25) is 0 Å². The van der Waals surface area contributed by atoms with Gasteiger partial charge in [0.2, 0.25) is 0 Å². The molecule has 10 heavy (non-hydrogen) atoms. The lowest BCUT2D eigenvalue weighted by Gasteiger charge is -1.85. The van der Waals surface area contributed by atoms with Crippen LogP contribution in [0.3, 0.4) is 0 Å². The molecular weight excluding hydrogens is 122 g/mol. The van der Waals surface area contributed by atoms with Gasteiger partial charge in [-0.2, -0.15) is 0 Å². The molecule has 0 saturated carbocycles. The molecule has 0 aromatic carbocycles. The Bertz CT molecular complexity index is 207. The molecule has 52 valence electrons. The number of hydrogen-bond donors (Lipinski definition) is 1. The number of rotatable bonds is 0. The fourth-order valence-electron chi connectivity index (χ4n) is 0.726. The van der Waals surface area contributed by atoms with Crippen LogP contribution in [0, 0.1) is 0 Å². The minimum Gasteiger partial charge on any atom is -0.399 e. The van der Waals surface area contributed by atoms with Crippen molar-refractivity contribution in [1.82, 2.24) is 0 Å². The van der Waals surface area contributed by atoms with Crippen LogP contribution in [-0.4, -0.2) is 0 Å². The maximum Gasteiger partial charge on any atom is 0.0310 e. The van der Waals surface area contributed by atoms with Crippen molar-refractivity contribution >= 4 is 0 Å². The highest BCUT2D eigenvalue weighted by molar-refractivity contribution is 5.24. The molecule has 0 aliphatic heterocycles. The maximum atomic E-state index is 5.57. The molecule has 0 spiro atoms. The van der Waals surface area contributed by atoms with Gasteiger partial charge in [-0.05, 0) is 18.6 Å². The summed E-state index contributed by atoms with van der Waals surface area (Å²) >= 11 is 0. The Hall–Kier alpha value is -1.24. The van der Waals surface area contributed by atoms with Gasteiger partial charge in [0.25, 0.3) is 0 Å². The fraction of sp³-hybridized carbons (Fsp3) is 0.111. The summed E-state index contributed by atoms with van der Waals surface area (Å²) in [7, 11) is 0. The first kappa shape index (κ1) is 6.87. The second-order valence-corrected chi connectivity index (χ2v) is 2.12. The van der Waals surface area contributed by atoms with Crippen molar-refractivity contribution in [3.05, 3.63) is 48.2 Å². The predicted molar refractivity (Wildman–Crippen MR) is 44.3 cm³/mol. The smallest absolute Gasteiger partial charge is 0.0310 e. The van der Waals surface area contributed by atoms with Crippen LogP contribution in [-0.2, 0) is 0 Å². The molecule has 0 heterocycles. The van der Waals surface area contributed by atoms with Crippen LogP contribution in [0.25, 0.3) is 0 Å². The van der Waals surface area contributed by atoms with E-state index in [-0.39, 0.29) is 0 Å². The minimum absolute atomic E-state index is 0.806. The summed E-state index contributed by atoms with van der Waals surface area (Å²) < 4.78 is 0. The van der Waals surface area contributed by atoms with Gasteiger partial charge in [0.15, 0.2) is 0 Å². The van der Waals surface area contributed by atoms with E-state index in [0.717, 1.165) is 12.1 Å². The van der Waals surface area contributed by atoms with Crippen LogP contribution in [0.4, 0.5) is 0 Å². The molecule has 1 rings (SSSR count). The summed E-state index contributed by atoms with van der Waals surface area (Å²) in [6.07, 6.45) is 14.8.